The summed E-state index contributed by atoms with van der Waals surface area (Å²) in [5, 5.41) is 10.1. The van der Waals surface area contributed by atoms with Crippen LogP contribution in [0.2, 0.25) is 0 Å². The number of carbonyl (C=O) groups excluding carboxylic acids is 1. The molecular formula is C31H34FNO4. The highest BCUT2D eigenvalue weighted by Crippen LogP contribution is 2.38. The van der Waals surface area contributed by atoms with Gasteiger partial charge >= 0.3 is 5.97 Å². The number of aliphatic hydroxyl groups is 1. The third kappa shape index (κ3) is 6.44. The van der Waals surface area contributed by atoms with Crippen LogP contribution in [0.1, 0.15) is 74.9 Å². The molecule has 6 heteroatoms. The van der Waals surface area contributed by atoms with Gasteiger partial charge in [0.05, 0.1) is 23.9 Å². The van der Waals surface area contributed by atoms with E-state index in [-0.39, 0.29) is 30.7 Å². The molecule has 1 N–H and O–H groups in total. The quantitative estimate of drug-likeness (QED) is 0.343. The molecule has 0 unspecified atom stereocenters. The van der Waals surface area contributed by atoms with Crippen LogP contribution in [0.3, 0.4) is 0 Å². The molecule has 0 amide bonds. The number of esters is 1. The Kier molecular flexibility index (Phi) is 8.39. The van der Waals surface area contributed by atoms with Crippen LogP contribution in [-0.2, 0) is 16.1 Å². The maximum absolute atomic E-state index is 13.9. The van der Waals surface area contributed by atoms with E-state index in [0.717, 1.165) is 39.4 Å². The number of carbonyl (C=O) groups is 1. The molecular weight excluding hydrogens is 469 g/mol. The van der Waals surface area contributed by atoms with Gasteiger partial charge in [-0.05, 0) is 53.3 Å². The van der Waals surface area contributed by atoms with Gasteiger partial charge in [-0.25, -0.2) is 4.39 Å². The lowest BCUT2D eigenvalue weighted by Crippen LogP contribution is -2.31. The zero-order chi connectivity index (χ0) is 26.5. The van der Waals surface area contributed by atoms with E-state index in [4.69, 9.17) is 14.5 Å². The first kappa shape index (κ1) is 26.6. The highest BCUT2D eigenvalue weighted by molar-refractivity contribution is 5.80. The molecule has 0 aliphatic carbocycles. The zero-order valence-corrected chi connectivity index (χ0v) is 21.8. The smallest absolute Gasteiger partial charge is 0.309 e. The summed E-state index contributed by atoms with van der Waals surface area (Å²) in [4.78, 5) is 17.0. The maximum atomic E-state index is 13.9. The van der Waals surface area contributed by atoms with Gasteiger partial charge in [-0.1, -0.05) is 64.1 Å². The molecule has 4 rings (SSSR count). The van der Waals surface area contributed by atoms with Crippen molar-refractivity contribution in [2.75, 3.05) is 0 Å². The molecule has 37 heavy (non-hydrogen) atoms. The minimum absolute atomic E-state index is 0.00796. The third-order valence-electron chi connectivity index (χ3n) is 6.42. The van der Waals surface area contributed by atoms with Crippen LogP contribution >= 0.6 is 0 Å². The summed E-state index contributed by atoms with van der Waals surface area (Å²) in [5.74, 6) is 0.239. The van der Waals surface area contributed by atoms with E-state index in [1.54, 1.807) is 12.1 Å². The van der Waals surface area contributed by atoms with Crippen LogP contribution in [0, 0.1) is 5.82 Å². The molecule has 1 aromatic heterocycles. The highest BCUT2D eigenvalue weighted by Gasteiger charge is 2.27. The summed E-state index contributed by atoms with van der Waals surface area (Å²) in [6, 6.07) is 16.1. The second kappa shape index (κ2) is 11.7. The lowest BCUT2D eigenvalue weighted by atomic mass is 9.87. The first-order valence-corrected chi connectivity index (χ1v) is 12.8. The Morgan fingerprint density at radius 3 is 2.35 bits per heavy atom. The summed E-state index contributed by atoms with van der Waals surface area (Å²) in [6.45, 7) is 8.66. The molecule has 3 aromatic rings. The Hall–Kier alpha value is -3.51. The number of rotatable bonds is 8. The Morgan fingerprint density at radius 1 is 1.05 bits per heavy atom. The summed E-state index contributed by atoms with van der Waals surface area (Å²) >= 11 is 0. The van der Waals surface area contributed by atoms with Crippen LogP contribution in [-0.4, -0.2) is 28.3 Å². The fraction of sp³-hybridized carbons (Fsp3) is 0.355. The summed E-state index contributed by atoms with van der Waals surface area (Å²) in [6.07, 6.45) is 2.82. The molecule has 2 atom stereocenters. The first-order chi connectivity index (χ1) is 17.7. The molecule has 1 fully saturated rings. The molecule has 5 nitrogen and oxygen atoms in total. The number of aromatic nitrogens is 1. The van der Waals surface area contributed by atoms with Crippen molar-refractivity contribution in [2.45, 2.75) is 71.2 Å². The second-order valence-electron chi connectivity index (χ2n) is 10.0. The molecule has 1 aliphatic rings. The molecule has 194 valence electrons. The van der Waals surface area contributed by atoms with Gasteiger partial charge in [0.2, 0.25) is 0 Å². The highest BCUT2D eigenvalue weighted by atomic mass is 19.1. The fourth-order valence-electron chi connectivity index (χ4n) is 4.66. The number of cyclic esters (lactones) is 1. The van der Waals surface area contributed by atoms with Crippen molar-refractivity contribution in [3.63, 3.8) is 0 Å². The van der Waals surface area contributed by atoms with Gasteiger partial charge in [0.25, 0.3) is 0 Å². The minimum Gasteiger partial charge on any atom is -0.489 e. The van der Waals surface area contributed by atoms with E-state index in [2.05, 4.69) is 27.7 Å². The first-order valence-electron chi connectivity index (χ1n) is 12.8. The van der Waals surface area contributed by atoms with Crippen molar-refractivity contribution in [2.24, 2.45) is 0 Å². The van der Waals surface area contributed by atoms with Crippen molar-refractivity contribution >= 4 is 12.0 Å². The molecule has 2 heterocycles. The normalized spacial score (nSPS) is 18.0. The number of ether oxygens (including phenoxy) is 2. The summed E-state index contributed by atoms with van der Waals surface area (Å²) < 4.78 is 25.6. The van der Waals surface area contributed by atoms with E-state index in [1.165, 1.54) is 12.1 Å². The van der Waals surface area contributed by atoms with E-state index in [9.17, 15) is 14.3 Å². The largest absolute Gasteiger partial charge is 0.489 e. The SMILES string of the molecule is CC(C)c1nc(C(C)C)c(COc2ccccc2)c(-c2ccc(F)cc2)c1/C=C/[C@@H]1C[C@@H](O)CC(=O)O1. The standard InChI is InChI=1S/C31H34FNO4/c1-19(2)30-26(15-14-25-16-23(34)17-28(35)37-25)29(21-10-12-22(32)13-11-21)27(31(33-30)20(3)4)18-36-24-8-6-5-7-9-24/h5-15,19-20,23,25,34H,16-18H2,1-4H3/b15-14+/t23-,25-/m1/s1. The molecule has 1 aliphatic heterocycles. The van der Waals surface area contributed by atoms with Gasteiger partial charge < -0.3 is 14.6 Å². The van der Waals surface area contributed by atoms with Crippen molar-refractivity contribution in [1.82, 2.24) is 4.98 Å². The molecule has 1 saturated heterocycles. The Labute approximate surface area is 218 Å². The van der Waals surface area contributed by atoms with Gasteiger partial charge in [0.15, 0.2) is 0 Å². The fourth-order valence-corrected chi connectivity index (χ4v) is 4.66. The van der Waals surface area contributed by atoms with E-state index >= 15 is 0 Å². The van der Waals surface area contributed by atoms with E-state index < -0.39 is 18.2 Å². The van der Waals surface area contributed by atoms with Crippen molar-refractivity contribution in [3.8, 4) is 16.9 Å². The van der Waals surface area contributed by atoms with Crippen molar-refractivity contribution < 1.29 is 23.8 Å². The second-order valence-corrected chi connectivity index (χ2v) is 10.0. The van der Waals surface area contributed by atoms with Crippen molar-refractivity contribution in [1.29, 1.82) is 0 Å². The van der Waals surface area contributed by atoms with Crippen LogP contribution in [0.4, 0.5) is 4.39 Å². The Balaban J connectivity index is 1.90. The number of halogens is 1. The van der Waals surface area contributed by atoms with Crippen LogP contribution in [0.5, 0.6) is 5.75 Å². The monoisotopic (exact) mass is 503 g/mol. The lowest BCUT2D eigenvalue weighted by Gasteiger charge is -2.25. The number of hydrogen-bond donors (Lipinski definition) is 1. The molecule has 0 bridgehead atoms. The average molecular weight is 504 g/mol. The predicted octanol–water partition coefficient (Wildman–Crippen LogP) is 6.79. The summed E-state index contributed by atoms with van der Waals surface area (Å²) in [7, 11) is 0. The van der Waals surface area contributed by atoms with E-state index in [1.807, 2.05) is 42.5 Å². The summed E-state index contributed by atoms with van der Waals surface area (Å²) in [5.41, 5.74) is 5.38. The number of pyridine rings is 1. The van der Waals surface area contributed by atoms with Crippen molar-refractivity contribution in [3.05, 3.63) is 89.0 Å². The number of nitrogens with zero attached hydrogens (tertiary/aromatic N) is 1. The van der Waals surface area contributed by atoms with Gasteiger partial charge in [-0.2, -0.15) is 0 Å². The molecule has 0 saturated carbocycles. The zero-order valence-electron chi connectivity index (χ0n) is 21.8. The maximum Gasteiger partial charge on any atom is 0.309 e. The third-order valence-corrected chi connectivity index (χ3v) is 6.42. The molecule has 0 spiro atoms. The number of para-hydroxylation sites is 1. The van der Waals surface area contributed by atoms with Crippen LogP contribution in [0.15, 0.2) is 60.7 Å². The van der Waals surface area contributed by atoms with Crippen LogP contribution < -0.4 is 4.74 Å². The van der Waals surface area contributed by atoms with Gasteiger partial charge in [-0.3, -0.25) is 9.78 Å². The Morgan fingerprint density at radius 2 is 1.73 bits per heavy atom. The number of hydrogen-bond acceptors (Lipinski definition) is 5. The molecule has 2 aromatic carbocycles. The predicted molar refractivity (Wildman–Crippen MR) is 143 cm³/mol. The Bertz CT molecular complexity index is 1250. The average Bonchev–Trinajstić information content (AvgIpc) is 2.86. The van der Waals surface area contributed by atoms with Gasteiger partial charge in [0.1, 0.15) is 24.3 Å². The lowest BCUT2D eigenvalue weighted by molar-refractivity contribution is -0.156. The van der Waals surface area contributed by atoms with E-state index in [0.29, 0.717) is 6.42 Å². The minimum atomic E-state index is -0.728. The number of aliphatic hydroxyl groups excluding tert-OH is 1. The van der Waals surface area contributed by atoms with Crippen LogP contribution in [0.25, 0.3) is 17.2 Å². The van der Waals surface area contributed by atoms with Gasteiger partial charge in [-0.15, -0.1) is 0 Å². The topological polar surface area (TPSA) is 68.7 Å². The van der Waals surface area contributed by atoms with Gasteiger partial charge in [0, 0.05) is 17.5 Å². The number of benzene rings is 2. The molecule has 0 radical (unpaired) electrons.